The molecule has 0 radical (unpaired) electrons. The third-order valence-corrected chi connectivity index (χ3v) is 3.10. The lowest BCUT2D eigenvalue weighted by Gasteiger charge is -2.22. The zero-order valence-corrected chi connectivity index (χ0v) is 11.4. The Labute approximate surface area is 124 Å². The molecule has 0 fully saturated rings. The molecule has 1 N–H and O–H groups in total. The van der Waals surface area contributed by atoms with Gasteiger partial charge < -0.3 is 5.32 Å². The van der Waals surface area contributed by atoms with Gasteiger partial charge in [0, 0.05) is 6.42 Å². The van der Waals surface area contributed by atoms with Gasteiger partial charge >= 0.3 is 6.18 Å². The highest BCUT2D eigenvalue weighted by molar-refractivity contribution is 5.94. The molecule has 2 nitrogen and oxygen atoms in total. The predicted molar refractivity (Wildman–Crippen MR) is 73.9 cm³/mol. The van der Waals surface area contributed by atoms with Gasteiger partial charge in [0.2, 0.25) is 0 Å². The van der Waals surface area contributed by atoms with Crippen LogP contribution in [0.4, 0.5) is 17.6 Å². The van der Waals surface area contributed by atoms with E-state index in [0.717, 1.165) is 12.1 Å². The molecule has 1 atom stereocenters. The lowest BCUT2D eigenvalue weighted by atomic mass is 10.0. The van der Waals surface area contributed by atoms with Crippen LogP contribution in [-0.4, -0.2) is 18.1 Å². The van der Waals surface area contributed by atoms with Crippen LogP contribution in [0.25, 0.3) is 0 Å². The Bertz CT molecular complexity index is 640. The van der Waals surface area contributed by atoms with Crippen molar-refractivity contribution in [1.29, 1.82) is 0 Å². The summed E-state index contributed by atoms with van der Waals surface area (Å²) in [6, 6.07) is 10.8. The first-order chi connectivity index (χ1) is 10.4. The molecular weight excluding hydrogens is 298 g/mol. The summed E-state index contributed by atoms with van der Waals surface area (Å²) < 4.78 is 52.7. The number of hydrogen-bond donors (Lipinski definition) is 1. The first-order valence-corrected chi connectivity index (χ1v) is 6.54. The minimum atomic E-state index is -4.63. The lowest BCUT2D eigenvalue weighted by molar-refractivity contribution is -0.153. The quantitative estimate of drug-likeness (QED) is 0.857. The van der Waals surface area contributed by atoms with Crippen molar-refractivity contribution >= 4 is 5.91 Å². The van der Waals surface area contributed by atoms with Crippen LogP contribution in [0.2, 0.25) is 0 Å². The molecule has 0 saturated heterocycles. The van der Waals surface area contributed by atoms with Crippen molar-refractivity contribution in [2.24, 2.45) is 0 Å². The van der Waals surface area contributed by atoms with Crippen molar-refractivity contribution in [2.45, 2.75) is 18.6 Å². The molecule has 0 unspecified atom stereocenters. The van der Waals surface area contributed by atoms with Crippen LogP contribution < -0.4 is 5.32 Å². The molecule has 0 aliphatic rings. The molecular formula is C16H13F4NO. The number of halogens is 4. The number of benzene rings is 2. The molecule has 0 aliphatic carbocycles. The number of rotatable bonds is 4. The third kappa shape index (κ3) is 4.07. The van der Waals surface area contributed by atoms with Gasteiger partial charge in [0.1, 0.15) is 11.9 Å². The van der Waals surface area contributed by atoms with Gasteiger partial charge in [-0.05, 0) is 17.7 Å². The van der Waals surface area contributed by atoms with Gasteiger partial charge in [0.25, 0.3) is 5.91 Å². The Morgan fingerprint density at radius 1 is 1.00 bits per heavy atom. The summed E-state index contributed by atoms with van der Waals surface area (Å²) in [6.07, 6.45) is -5.04. The van der Waals surface area contributed by atoms with Crippen molar-refractivity contribution < 1.29 is 22.4 Å². The van der Waals surface area contributed by atoms with E-state index in [-0.39, 0.29) is 0 Å². The average Bonchev–Trinajstić information content (AvgIpc) is 2.47. The van der Waals surface area contributed by atoms with Gasteiger partial charge in [-0.3, -0.25) is 4.79 Å². The van der Waals surface area contributed by atoms with Crippen molar-refractivity contribution in [1.82, 2.24) is 5.32 Å². The Morgan fingerprint density at radius 2 is 1.59 bits per heavy atom. The number of nitrogens with one attached hydrogen (secondary N) is 1. The van der Waals surface area contributed by atoms with Gasteiger partial charge in [0.05, 0.1) is 5.56 Å². The molecule has 0 aliphatic heterocycles. The number of alkyl halides is 3. The summed E-state index contributed by atoms with van der Waals surface area (Å²) in [5, 5.41) is 1.86. The summed E-state index contributed by atoms with van der Waals surface area (Å²) in [5.74, 6) is -1.95. The topological polar surface area (TPSA) is 29.1 Å². The fourth-order valence-corrected chi connectivity index (χ4v) is 1.98. The number of hydrogen-bond acceptors (Lipinski definition) is 1. The summed E-state index contributed by atoms with van der Waals surface area (Å²) >= 11 is 0. The number of carbonyl (C=O) groups excluding carboxylic acids is 1. The van der Waals surface area contributed by atoms with E-state index in [1.165, 1.54) is 24.3 Å². The Kier molecular flexibility index (Phi) is 4.80. The second kappa shape index (κ2) is 6.60. The van der Waals surface area contributed by atoms with E-state index >= 15 is 0 Å². The van der Waals surface area contributed by atoms with E-state index in [0.29, 0.717) is 5.56 Å². The maximum Gasteiger partial charge on any atom is 0.408 e. The van der Waals surface area contributed by atoms with E-state index < -0.39 is 35.9 Å². The monoisotopic (exact) mass is 311 g/mol. The van der Waals surface area contributed by atoms with E-state index in [1.807, 2.05) is 5.32 Å². The minimum absolute atomic E-state index is 0.412. The molecule has 22 heavy (non-hydrogen) atoms. The summed E-state index contributed by atoms with van der Waals surface area (Å²) in [6.45, 7) is 0. The highest BCUT2D eigenvalue weighted by Crippen LogP contribution is 2.24. The van der Waals surface area contributed by atoms with Crippen LogP contribution >= 0.6 is 0 Å². The molecule has 2 rings (SSSR count). The zero-order chi connectivity index (χ0) is 16.2. The lowest BCUT2D eigenvalue weighted by Crippen LogP contribution is -2.47. The molecule has 0 heterocycles. The SMILES string of the molecule is O=C(N[C@@H](Cc1ccccc1)C(F)(F)F)c1ccccc1F. The van der Waals surface area contributed by atoms with Crippen LogP contribution in [0.5, 0.6) is 0 Å². The smallest absolute Gasteiger partial charge is 0.340 e. The van der Waals surface area contributed by atoms with Crippen LogP contribution in [0, 0.1) is 5.82 Å². The molecule has 1 amide bonds. The van der Waals surface area contributed by atoms with Gasteiger partial charge in [-0.1, -0.05) is 42.5 Å². The standard InChI is InChI=1S/C16H13F4NO/c17-13-9-5-4-8-12(13)15(22)21-14(16(18,19)20)10-11-6-2-1-3-7-11/h1-9,14H,10H2,(H,21,22)/t14-/m0/s1. The molecule has 0 bridgehead atoms. The summed E-state index contributed by atoms with van der Waals surface area (Å²) in [5.41, 5.74) is 0.0171. The van der Waals surface area contributed by atoms with Crippen molar-refractivity contribution in [3.05, 3.63) is 71.5 Å². The number of amides is 1. The maximum atomic E-state index is 13.5. The molecule has 0 spiro atoms. The van der Waals surface area contributed by atoms with Crippen molar-refractivity contribution in [3.8, 4) is 0 Å². The van der Waals surface area contributed by atoms with E-state index in [9.17, 15) is 22.4 Å². The van der Waals surface area contributed by atoms with Crippen molar-refractivity contribution in [2.75, 3.05) is 0 Å². The van der Waals surface area contributed by atoms with Gasteiger partial charge in [0.15, 0.2) is 0 Å². The van der Waals surface area contributed by atoms with Gasteiger partial charge in [-0.25, -0.2) is 4.39 Å². The normalized spacial score (nSPS) is 12.7. The first-order valence-electron chi connectivity index (χ1n) is 6.54. The zero-order valence-electron chi connectivity index (χ0n) is 11.4. The third-order valence-electron chi connectivity index (χ3n) is 3.10. The molecule has 6 heteroatoms. The second-order valence-corrected chi connectivity index (χ2v) is 4.74. The Balaban J connectivity index is 2.17. The fourth-order valence-electron chi connectivity index (χ4n) is 1.98. The van der Waals surface area contributed by atoms with Gasteiger partial charge in [-0.2, -0.15) is 13.2 Å². The van der Waals surface area contributed by atoms with E-state index in [1.54, 1.807) is 18.2 Å². The minimum Gasteiger partial charge on any atom is -0.340 e. The highest BCUT2D eigenvalue weighted by atomic mass is 19.4. The van der Waals surface area contributed by atoms with Crippen LogP contribution in [0.1, 0.15) is 15.9 Å². The van der Waals surface area contributed by atoms with Crippen LogP contribution in [-0.2, 0) is 6.42 Å². The maximum absolute atomic E-state index is 13.5. The van der Waals surface area contributed by atoms with Crippen LogP contribution in [0.15, 0.2) is 54.6 Å². The van der Waals surface area contributed by atoms with E-state index in [2.05, 4.69) is 0 Å². The number of carbonyl (C=O) groups is 1. The fraction of sp³-hybridized carbons (Fsp3) is 0.188. The second-order valence-electron chi connectivity index (χ2n) is 4.74. The molecule has 0 aromatic heterocycles. The Morgan fingerprint density at radius 3 is 2.18 bits per heavy atom. The molecule has 2 aromatic carbocycles. The van der Waals surface area contributed by atoms with Crippen molar-refractivity contribution in [3.63, 3.8) is 0 Å². The van der Waals surface area contributed by atoms with Gasteiger partial charge in [-0.15, -0.1) is 0 Å². The molecule has 2 aromatic rings. The highest BCUT2D eigenvalue weighted by Gasteiger charge is 2.40. The molecule has 116 valence electrons. The van der Waals surface area contributed by atoms with Crippen LogP contribution in [0.3, 0.4) is 0 Å². The van der Waals surface area contributed by atoms with E-state index in [4.69, 9.17) is 0 Å². The Hall–Kier alpha value is -2.37. The first kappa shape index (κ1) is 16.0. The summed E-state index contributed by atoms with van der Waals surface area (Å²) in [7, 11) is 0. The molecule has 0 saturated carbocycles. The summed E-state index contributed by atoms with van der Waals surface area (Å²) in [4.78, 5) is 11.9. The predicted octanol–water partition coefficient (Wildman–Crippen LogP) is 3.73. The largest absolute Gasteiger partial charge is 0.408 e. The average molecular weight is 311 g/mol.